The fourth-order valence-corrected chi connectivity index (χ4v) is 3.81. The van der Waals surface area contributed by atoms with Gasteiger partial charge in [0.15, 0.2) is 0 Å². The first kappa shape index (κ1) is 10.4. The summed E-state index contributed by atoms with van der Waals surface area (Å²) >= 11 is 0. The van der Waals surface area contributed by atoms with Gasteiger partial charge in [-0.05, 0) is 25.2 Å². The lowest BCUT2D eigenvalue weighted by Crippen LogP contribution is -2.43. The van der Waals surface area contributed by atoms with E-state index in [0.29, 0.717) is 19.6 Å². The molecule has 1 saturated carbocycles. The molecule has 0 radical (unpaired) electrons. The van der Waals surface area contributed by atoms with Crippen molar-refractivity contribution in [2.75, 3.05) is 13.2 Å². The zero-order valence-electron chi connectivity index (χ0n) is 8.40. The van der Waals surface area contributed by atoms with Gasteiger partial charge in [-0.2, -0.15) is 0 Å². The molecule has 4 nitrogen and oxygen atoms in total. The molecule has 2 aliphatic rings. The molecule has 0 aromatic carbocycles. The van der Waals surface area contributed by atoms with Gasteiger partial charge in [-0.25, -0.2) is 13.1 Å². The number of hydrogen-bond donors (Lipinski definition) is 1. The molecule has 0 bridgehead atoms. The molecule has 2 rings (SSSR count). The zero-order chi connectivity index (χ0) is 10.2. The van der Waals surface area contributed by atoms with Crippen LogP contribution in [0.25, 0.3) is 0 Å². The minimum Gasteiger partial charge on any atom is -0.381 e. The van der Waals surface area contributed by atoms with Crippen LogP contribution in [0.15, 0.2) is 0 Å². The maximum absolute atomic E-state index is 11.9. The van der Waals surface area contributed by atoms with Gasteiger partial charge in [0.1, 0.15) is 0 Å². The fourth-order valence-electron chi connectivity index (χ4n) is 1.84. The highest BCUT2D eigenvalue weighted by Crippen LogP contribution is 2.25. The van der Waals surface area contributed by atoms with Crippen LogP contribution >= 0.6 is 0 Å². The second-order valence-electron chi connectivity index (χ2n) is 4.32. The summed E-state index contributed by atoms with van der Waals surface area (Å²) in [4.78, 5) is 0. The number of rotatable bonds is 3. The molecule has 1 N–H and O–H groups in total. The highest BCUT2D eigenvalue weighted by atomic mass is 32.2. The Morgan fingerprint density at radius 2 is 2.00 bits per heavy atom. The maximum Gasteiger partial charge on any atom is 0.215 e. The minimum atomic E-state index is -3.10. The lowest BCUT2D eigenvalue weighted by molar-refractivity contribution is 0.0635. The standard InChI is InChI=1S/C9H17NO3S/c1-7-6-13-5-4-9(7)14(11,12)10-8-2-3-8/h7-10H,2-6H2,1H3/t7-,9-/m0/s1. The molecule has 0 amide bonds. The molecule has 2 atom stereocenters. The van der Waals surface area contributed by atoms with Gasteiger partial charge < -0.3 is 4.74 Å². The Kier molecular flexibility index (Phi) is 2.81. The topological polar surface area (TPSA) is 55.4 Å². The van der Waals surface area contributed by atoms with E-state index in [0.717, 1.165) is 12.8 Å². The Balaban J connectivity index is 2.02. The Bertz CT molecular complexity index is 297. The van der Waals surface area contributed by atoms with Gasteiger partial charge in [-0.1, -0.05) is 6.92 Å². The number of hydrogen-bond acceptors (Lipinski definition) is 3. The Morgan fingerprint density at radius 1 is 1.29 bits per heavy atom. The molecule has 5 heteroatoms. The number of nitrogens with one attached hydrogen (secondary N) is 1. The SMILES string of the molecule is C[C@H]1COCC[C@@H]1S(=O)(=O)NC1CC1. The van der Waals surface area contributed by atoms with Crippen LogP contribution < -0.4 is 4.72 Å². The molecule has 2 fully saturated rings. The van der Waals surface area contributed by atoms with Gasteiger partial charge in [0.05, 0.1) is 11.9 Å². The molecule has 82 valence electrons. The molecule has 0 aromatic heterocycles. The summed E-state index contributed by atoms with van der Waals surface area (Å²) in [5.74, 6) is 0.111. The number of sulfonamides is 1. The van der Waals surface area contributed by atoms with Crippen LogP contribution in [0.3, 0.4) is 0 Å². The summed E-state index contributed by atoms with van der Waals surface area (Å²) in [6.45, 7) is 3.08. The molecule has 14 heavy (non-hydrogen) atoms. The van der Waals surface area contributed by atoms with Crippen molar-refractivity contribution < 1.29 is 13.2 Å². The third kappa shape index (κ3) is 2.27. The van der Waals surface area contributed by atoms with Crippen LogP contribution in [-0.2, 0) is 14.8 Å². The Labute approximate surface area is 85.1 Å². The predicted molar refractivity (Wildman–Crippen MR) is 53.5 cm³/mol. The van der Waals surface area contributed by atoms with Crippen LogP contribution in [0.5, 0.6) is 0 Å². The van der Waals surface area contributed by atoms with Gasteiger partial charge in [0.2, 0.25) is 10.0 Å². The van der Waals surface area contributed by atoms with E-state index in [1.807, 2.05) is 6.92 Å². The summed E-state index contributed by atoms with van der Waals surface area (Å²) in [6.07, 6.45) is 2.62. The van der Waals surface area contributed by atoms with E-state index in [2.05, 4.69) is 4.72 Å². The van der Waals surface area contributed by atoms with E-state index in [-0.39, 0.29) is 17.2 Å². The second kappa shape index (κ2) is 3.79. The third-order valence-electron chi connectivity index (χ3n) is 2.87. The van der Waals surface area contributed by atoms with E-state index in [1.165, 1.54) is 0 Å². The van der Waals surface area contributed by atoms with E-state index < -0.39 is 10.0 Å². The van der Waals surface area contributed by atoms with E-state index >= 15 is 0 Å². The Morgan fingerprint density at radius 3 is 2.57 bits per heavy atom. The summed E-state index contributed by atoms with van der Waals surface area (Å²) in [6, 6.07) is 0.218. The molecule has 0 aromatic rings. The summed E-state index contributed by atoms with van der Waals surface area (Å²) in [5.41, 5.74) is 0. The smallest absolute Gasteiger partial charge is 0.215 e. The Hall–Kier alpha value is -0.130. The molecule has 1 saturated heterocycles. The summed E-state index contributed by atoms with van der Waals surface area (Å²) in [7, 11) is -3.10. The summed E-state index contributed by atoms with van der Waals surface area (Å²) in [5, 5.41) is -0.253. The third-order valence-corrected chi connectivity index (χ3v) is 5.03. The predicted octanol–water partition coefficient (Wildman–Crippen LogP) is 0.493. The molecule has 0 spiro atoms. The van der Waals surface area contributed by atoms with Crippen molar-refractivity contribution in [3.05, 3.63) is 0 Å². The first-order chi connectivity index (χ1) is 6.59. The van der Waals surface area contributed by atoms with Gasteiger partial charge in [0, 0.05) is 12.6 Å². The molecule has 1 aliphatic carbocycles. The van der Waals surface area contributed by atoms with Crippen molar-refractivity contribution in [1.29, 1.82) is 0 Å². The van der Waals surface area contributed by atoms with Crippen molar-refractivity contribution in [3.63, 3.8) is 0 Å². The monoisotopic (exact) mass is 219 g/mol. The highest BCUT2D eigenvalue weighted by molar-refractivity contribution is 7.90. The maximum atomic E-state index is 11.9. The van der Waals surface area contributed by atoms with Crippen molar-refractivity contribution in [2.24, 2.45) is 5.92 Å². The van der Waals surface area contributed by atoms with Gasteiger partial charge in [0.25, 0.3) is 0 Å². The lowest BCUT2D eigenvalue weighted by atomic mass is 10.0. The molecular formula is C9H17NO3S. The first-order valence-electron chi connectivity index (χ1n) is 5.18. The molecule has 0 unspecified atom stereocenters. The van der Waals surface area contributed by atoms with Crippen LogP contribution in [0.4, 0.5) is 0 Å². The van der Waals surface area contributed by atoms with Crippen LogP contribution in [-0.4, -0.2) is 32.9 Å². The zero-order valence-corrected chi connectivity index (χ0v) is 9.22. The lowest BCUT2D eigenvalue weighted by Gasteiger charge is -2.28. The normalized spacial score (nSPS) is 34.4. The molecular weight excluding hydrogens is 202 g/mol. The highest BCUT2D eigenvalue weighted by Gasteiger charge is 2.37. The fraction of sp³-hybridized carbons (Fsp3) is 1.00. The average molecular weight is 219 g/mol. The second-order valence-corrected chi connectivity index (χ2v) is 6.25. The van der Waals surface area contributed by atoms with Crippen molar-refractivity contribution >= 4 is 10.0 Å². The quantitative estimate of drug-likeness (QED) is 0.751. The van der Waals surface area contributed by atoms with E-state index in [9.17, 15) is 8.42 Å². The van der Waals surface area contributed by atoms with Crippen LogP contribution in [0.2, 0.25) is 0 Å². The molecule has 1 aliphatic heterocycles. The van der Waals surface area contributed by atoms with Gasteiger partial charge >= 0.3 is 0 Å². The van der Waals surface area contributed by atoms with E-state index in [4.69, 9.17) is 4.74 Å². The van der Waals surface area contributed by atoms with Crippen LogP contribution in [0.1, 0.15) is 26.2 Å². The van der Waals surface area contributed by atoms with Crippen molar-refractivity contribution in [3.8, 4) is 0 Å². The average Bonchev–Trinajstić information content (AvgIpc) is 2.88. The van der Waals surface area contributed by atoms with E-state index in [1.54, 1.807) is 0 Å². The number of ether oxygens (including phenoxy) is 1. The summed E-state index contributed by atoms with van der Waals surface area (Å²) < 4.78 is 31.7. The minimum absolute atomic E-state index is 0.111. The molecule has 1 heterocycles. The van der Waals surface area contributed by atoms with Crippen molar-refractivity contribution in [2.45, 2.75) is 37.5 Å². The van der Waals surface area contributed by atoms with Gasteiger partial charge in [-0.15, -0.1) is 0 Å². The van der Waals surface area contributed by atoms with Crippen molar-refractivity contribution in [1.82, 2.24) is 4.72 Å². The largest absolute Gasteiger partial charge is 0.381 e. The van der Waals surface area contributed by atoms with Gasteiger partial charge in [-0.3, -0.25) is 0 Å². The van der Waals surface area contributed by atoms with Crippen LogP contribution in [0, 0.1) is 5.92 Å². The first-order valence-corrected chi connectivity index (χ1v) is 6.73.